The van der Waals surface area contributed by atoms with Crippen molar-refractivity contribution in [2.24, 2.45) is 22.6 Å². The van der Waals surface area contributed by atoms with Gasteiger partial charge in [0.05, 0.1) is 11.4 Å². The van der Waals surface area contributed by atoms with Gasteiger partial charge in [-0.1, -0.05) is 68.8 Å². The van der Waals surface area contributed by atoms with Gasteiger partial charge < -0.3 is 16.0 Å². The zero-order valence-corrected chi connectivity index (χ0v) is 18.0. The molecule has 3 amide bonds. The number of carbonyl (C=O) groups is 3. The van der Waals surface area contributed by atoms with Crippen LogP contribution < -0.4 is 16.0 Å². The van der Waals surface area contributed by atoms with Crippen molar-refractivity contribution < 1.29 is 14.4 Å². The number of carbonyl (C=O) groups excluding carboxylic acids is 3. The average Bonchev–Trinajstić information content (AvgIpc) is 2.88. The van der Waals surface area contributed by atoms with E-state index in [9.17, 15) is 14.4 Å². The first-order valence-corrected chi connectivity index (χ1v) is 10.4. The highest BCUT2D eigenvalue weighted by Crippen LogP contribution is 2.27. The molecule has 3 atom stereocenters. The fourth-order valence-corrected chi connectivity index (χ4v) is 3.84. The molecule has 0 unspecified atom stereocenters. The fraction of sp³-hybridized carbons (Fsp3) is 0.333. The van der Waals surface area contributed by atoms with E-state index in [2.05, 4.69) is 10.3 Å². The van der Waals surface area contributed by atoms with Gasteiger partial charge in [0.2, 0.25) is 18.0 Å². The maximum atomic E-state index is 13.2. The van der Waals surface area contributed by atoms with Crippen LogP contribution in [0.3, 0.4) is 0 Å². The topological polar surface area (TPSA) is 105 Å². The first kappa shape index (κ1) is 22.2. The molecule has 0 bridgehead atoms. The van der Waals surface area contributed by atoms with Crippen molar-refractivity contribution in [3.8, 4) is 0 Å². The number of nitrogens with zero attached hydrogens (tertiary/aromatic N) is 2. The molecule has 2 aromatic carbocycles. The van der Waals surface area contributed by atoms with Crippen LogP contribution in [0.1, 0.15) is 37.8 Å². The van der Waals surface area contributed by atoms with Gasteiger partial charge in [0, 0.05) is 30.0 Å². The van der Waals surface area contributed by atoms with Gasteiger partial charge in [-0.2, -0.15) is 0 Å². The Labute approximate surface area is 182 Å². The summed E-state index contributed by atoms with van der Waals surface area (Å²) in [4.78, 5) is 44.1. The third-order valence-electron chi connectivity index (χ3n) is 5.65. The Hall–Kier alpha value is -3.48. The van der Waals surface area contributed by atoms with E-state index < -0.39 is 29.8 Å². The van der Waals surface area contributed by atoms with E-state index >= 15 is 0 Å². The van der Waals surface area contributed by atoms with Crippen LogP contribution in [0, 0.1) is 11.8 Å². The molecule has 1 aliphatic heterocycles. The molecule has 0 spiro atoms. The van der Waals surface area contributed by atoms with Gasteiger partial charge in [0.1, 0.15) is 0 Å². The van der Waals surface area contributed by atoms with E-state index in [0.29, 0.717) is 17.8 Å². The summed E-state index contributed by atoms with van der Waals surface area (Å²) in [6.45, 7) is 3.58. The number of benzodiazepines with no additional fused rings is 1. The number of fused-ring (bicyclic) bond motifs is 1. The summed E-state index contributed by atoms with van der Waals surface area (Å²) < 4.78 is 0. The van der Waals surface area contributed by atoms with Gasteiger partial charge in [-0.25, -0.2) is 4.99 Å². The molecular weight excluding hydrogens is 392 g/mol. The minimum absolute atomic E-state index is 0.356. The second-order valence-electron chi connectivity index (χ2n) is 7.76. The SMILES string of the molecule is CCC[C@H](C(N)=O)[C@@H](C)C(=O)N[C@H]1N=C(c2ccccc2)c2ccccc2N(C)C1=O. The van der Waals surface area contributed by atoms with E-state index in [-0.39, 0.29) is 5.91 Å². The molecule has 3 N–H and O–H groups in total. The molecule has 0 radical (unpaired) electrons. The summed E-state index contributed by atoms with van der Waals surface area (Å²) in [5.41, 5.74) is 8.47. The van der Waals surface area contributed by atoms with Crippen molar-refractivity contribution in [3.05, 3.63) is 65.7 Å². The van der Waals surface area contributed by atoms with Crippen LogP contribution in [0.2, 0.25) is 0 Å². The number of anilines is 1. The van der Waals surface area contributed by atoms with Gasteiger partial charge in [0.15, 0.2) is 0 Å². The van der Waals surface area contributed by atoms with Crippen LogP contribution in [0.25, 0.3) is 0 Å². The zero-order chi connectivity index (χ0) is 22.5. The lowest BCUT2D eigenvalue weighted by molar-refractivity contribution is -0.134. The Morgan fingerprint density at radius 2 is 1.77 bits per heavy atom. The molecule has 1 aliphatic rings. The number of hydrogen-bond acceptors (Lipinski definition) is 4. The highest BCUT2D eigenvalue weighted by molar-refractivity contribution is 6.20. The first-order valence-electron chi connectivity index (χ1n) is 10.4. The van der Waals surface area contributed by atoms with Crippen LogP contribution in [-0.2, 0) is 14.4 Å². The standard InChI is InChI=1S/C24H28N4O3/c1-4-10-17(21(25)29)15(2)23(30)27-22-24(31)28(3)19-14-9-8-13-18(19)20(26-22)16-11-6-5-7-12-16/h5-9,11-15,17,22H,4,10H2,1-3H3,(H2,25,29)(H,27,30)/t15-,17+,22-/m1/s1. The number of nitrogens with two attached hydrogens (primary N) is 1. The highest BCUT2D eigenvalue weighted by atomic mass is 16.2. The van der Waals surface area contributed by atoms with Crippen molar-refractivity contribution in [2.45, 2.75) is 32.9 Å². The van der Waals surface area contributed by atoms with Crippen molar-refractivity contribution in [2.75, 3.05) is 11.9 Å². The van der Waals surface area contributed by atoms with Gasteiger partial charge >= 0.3 is 0 Å². The second-order valence-corrected chi connectivity index (χ2v) is 7.76. The smallest absolute Gasteiger partial charge is 0.272 e. The predicted octanol–water partition coefficient (Wildman–Crippen LogP) is 2.48. The van der Waals surface area contributed by atoms with Gasteiger partial charge in [-0.05, 0) is 12.5 Å². The Balaban J connectivity index is 1.99. The van der Waals surface area contributed by atoms with Crippen LogP contribution in [-0.4, -0.2) is 36.6 Å². The fourth-order valence-electron chi connectivity index (χ4n) is 3.84. The zero-order valence-electron chi connectivity index (χ0n) is 18.0. The van der Waals surface area contributed by atoms with Crippen molar-refractivity contribution in [3.63, 3.8) is 0 Å². The van der Waals surface area contributed by atoms with E-state index in [0.717, 1.165) is 17.5 Å². The molecule has 0 fully saturated rings. The summed E-state index contributed by atoms with van der Waals surface area (Å²) >= 11 is 0. The molecule has 3 rings (SSSR count). The molecule has 0 aliphatic carbocycles. The molecular formula is C24H28N4O3. The summed E-state index contributed by atoms with van der Waals surface area (Å²) in [7, 11) is 1.66. The Morgan fingerprint density at radius 3 is 2.42 bits per heavy atom. The molecule has 0 saturated heterocycles. The molecule has 2 aromatic rings. The highest BCUT2D eigenvalue weighted by Gasteiger charge is 2.34. The van der Waals surface area contributed by atoms with Crippen LogP contribution in [0.5, 0.6) is 0 Å². The van der Waals surface area contributed by atoms with E-state index in [4.69, 9.17) is 5.73 Å². The van der Waals surface area contributed by atoms with Crippen molar-refractivity contribution >= 4 is 29.1 Å². The average molecular weight is 421 g/mol. The van der Waals surface area contributed by atoms with Gasteiger partial charge in [-0.3, -0.25) is 14.4 Å². The van der Waals surface area contributed by atoms with Crippen LogP contribution in [0.15, 0.2) is 59.6 Å². The lowest BCUT2D eigenvalue weighted by atomic mass is 9.88. The first-order chi connectivity index (χ1) is 14.8. The minimum Gasteiger partial charge on any atom is -0.369 e. The molecule has 0 aromatic heterocycles. The van der Waals surface area contributed by atoms with E-state index in [1.54, 1.807) is 14.0 Å². The molecule has 1 heterocycles. The minimum atomic E-state index is -1.11. The molecule has 7 nitrogen and oxygen atoms in total. The summed E-state index contributed by atoms with van der Waals surface area (Å²) in [5.74, 6) is -2.57. The predicted molar refractivity (Wildman–Crippen MR) is 121 cm³/mol. The Kier molecular flexibility index (Phi) is 6.84. The quantitative estimate of drug-likeness (QED) is 0.719. The molecule has 7 heteroatoms. The number of rotatable bonds is 7. The van der Waals surface area contributed by atoms with Crippen LogP contribution in [0.4, 0.5) is 5.69 Å². The van der Waals surface area contributed by atoms with Gasteiger partial charge in [-0.15, -0.1) is 0 Å². The van der Waals surface area contributed by atoms with Crippen molar-refractivity contribution in [1.29, 1.82) is 0 Å². The normalized spacial score (nSPS) is 17.8. The number of aliphatic imine (C=N–C) groups is 1. The number of para-hydroxylation sites is 1. The lowest BCUT2D eigenvalue weighted by Gasteiger charge is -2.24. The number of amides is 3. The van der Waals surface area contributed by atoms with Crippen LogP contribution >= 0.6 is 0 Å². The lowest BCUT2D eigenvalue weighted by Crippen LogP contribution is -2.49. The Bertz CT molecular complexity index is 1000. The maximum Gasteiger partial charge on any atom is 0.272 e. The number of hydrogen-bond donors (Lipinski definition) is 2. The Morgan fingerprint density at radius 1 is 1.13 bits per heavy atom. The number of primary amides is 1. The molecule has 31 heavy (non-hydrogen) atoms. The third-order valence-corrected chi connectivity index (χ3v) is 5.65. The number of likely N-dealkylation sites (N-methyl/N-ethyl adjacent to an activating group) is 1. The number of nitrogens with one attached hydrogen (secondary N) is 1. The van der Waals surface area contributed by atoms with Gasteiger partial charge in [0.25, 0.3) is 5.91 Å². The van der Waals surface area contributed by atoms with E-state index in [1.165, 1.54) is 4.90 Å². The largest absolute Gasteiger partial charge is 0.369 e. The second kappa shape index (κ2) is 9.55. The third kappa shape index (κ3) is 4.66. The summed E-state index contributed by atoms with van der Waals surface area (Å²) in [6.07, 6.45) is 0.117. The molecule has 0 saturated carbocycles. The van der Waals surface area contributed by atoms with Crippen molar-refractivity contribution in [1.82, 2.24) is 5.32 Å². The summed E-state index contributed by atoms with van der Waals surface area (Å²) in [5, 5.41) is 2.74. The summed E-state index contributed by atoms with van der Waals surface area (Å²) in [6, 6.07) is 17.0. The number of benzene rings is 2. The maximum absolute atomic E-state index is 13.2. The molecule has 162 valence electrons. The monoisotopic (exact) mass is 420 g/mol. The van der Waals surface area contributed by atoms with E-state index in [1.807, 2.05) is 61.5 Å².